The molecule has 18 heavy (non-hydrogen) atoms. The standard InChI is InChI=1S/C14H21NO2S/c1-9-8-11(18-10(9)2)13(16)15-7-5-6-12(15)14(3,4)17/h8,12,17H,5-7H2,1-4H3. The molecule has 0 saturated carbocycles. The molecule has 3 nitrogen and oxygen atoms in total. The van der Waals surface area contributed by atoms with Crippen molar-refractivity contribution in [2.45, 2.75) is 52.2 Å². The number of likely N-dealkylation sites (tertiary alicyclic amines) is 1. The van der Waals surface area contributed by atoms with Gasteiger partial charge >= 0.3 is 0 Å². The summed E-state index contributed by atoms with van der Waals surface area (Å²) in [5.41, 5.74) is 0.343. The summed E-state index contributed by atoms with van der Waals surface area (Å²) in [6.45, 7) is 8.39. The van der Waals surface area contributed by atoms with E-state index in [4.69, 9.17) is 0 Å². The summed E-state index contributed by atoms with van der Waals surface area (Å²) >= 11 is 1.55. The molecule has 4 heteroatoms. The summed E-state index contributed by atoms with van der Waals surface area (Å²) in [6, 6.07) is 1.90. The van der Waals surface area contributed by atoms with Crippen molar-refractivity contribution < 1.29 is 9.90 Å². The lowest BCUT2D eigenvalue weighted by atomic mass is 9.96. The number of carbonyl (C=O) groups excluding carboxylic acids is 1. The van der Waals surface area contributed by atoms with E-state index >= 15 is 0 Å². The molecule has 0 aliphatic carbocycles. The predicted octanol–water partition coefficient (Wildman–Crippen LogP) is 2.74. The van der Waals surface area contributed by atoms with Crippen LogP contribution in [-0.2, 0) is 0 Å². The van der Waals surface area contributed by atoms with E-state index in [0.717, 1.165) is 24.3 Å². The van der Waals surface area contributed by atoms with Crippen molar-refractivity contribution >= 4 is 17.2 Å². The zero-order valence-electron chi connectivity index (χ0n) is 11.5. The van der Waals surface area contributed by atoms with Gasteiger partial charge in [-0.05, 0) is 52.2 Å². The normalized spacial score (nSPS) is 20.5. The average molecular weight is 267 g/mol. The number of hydrogen-bond donors (Lipinski definition) is 1. The Labute approximate surface area is 112 Å². The third kappa shape index (κ3) is 2.45. The Morgan fingerprint density at radius 2 is 2.17 bits per heavy atom. The molecule has 1 aromatic heterocycles. The molecule has 1 unspecified atom stereocenters. The van der Waals surface area contributed by atoms with Crippen LogP contribution in [0.1, 0.15) is 46.8 Å². The highest BCUT2D eigenvalue weighted by molar-refractivity contribution is 7.14. The number of carbonyl (C=O) groups is 1. The second-order valence-corrected chi connectivity index (χ2v) is 6.92. The second kappa shape index (κ2) is 4.67. The van der Waals surface area contributed by atoms with E-state index in [-0.39, 0.29) is 11.9 Å². The van der Waals surface area contributed by atoms with Crippen molar-refractivity contribution in [2.75, 3.05) is 6.54 Å². The van der Waals surface area contributed by atoms with Crippen molar-refractivity contribution in [3.8, 4) is 0 Å². The van der Waals surface area contributed by atoms with Crippen LogP contribution in [0.15, 0.2) is 6.07 Å². The zero-order valence-corrected chi connectivity index (χ0v) is 12.3. The fourth-order valence-corrected chi connectivity index (χ4v) is 3.55. The molecule has 1 fully saturated rings. The summed E-state index contributed by atoms with van der Waals surface area (Å²) in [5.74, 6) is 0.0702. The highest BCUT2D eigenvalue weighted by atomic mass is 32.1. The van der Waals surface area contributed by atoms with E-state index in [1.807, 2.05) is 24.8 Å². The molecule has 0 radical (unpaired) electrons. The fourth-order valence-electron chi connectivity index (χ4n) is 2.56. The van der Waals surface area contributed by atoms with Gasteiger partial charge in [0.25, 0.3) is 5.91 Å². The van der Waals surface area contributed by atoms with Gasteiger partial charge < -0.3 is 10.0 Å². The first-order valence-electron chi connectivity index (χ1n) is 6.41. The minimum atomic E-state index is -0.826. The first-order valence-corrected chi connectivity index (χ1v) is 7.22. The lowest BCUT2D eigenvalue weighted by molar-refractivity contribution is 0.000519. The fraction of sp³-hybridized carbons (Fsp3) is 0.643. The molecular formula is C14H21NO2S. The summed E-state index contributed by atoms with van der Waals surface area (Å²) in [7, 11) is 0. The molecule has 1 aliphatic rings. The number of rotatable bonds is 2. The van der Waals surface area contributed by atoms with E-state index < -0.39 is 5.60 Å². The van der Waals surface area contributed by atoms with Gasteiger partial charge in [-0.3, -0.25) is 4.79 Å². The number of amides is 1. The van der Waals surface area contributed by atoms with E-state index in [1.165, 1.54) is 10.4 Å². The predicted molar refractivity (Wildman–Crippen MR) is 74.1 cm³/mol. The minimum Gasteiger partial charge on any atom is -0.388 e. The number of thiophene rings is 1. The molecular weight excluding hydrogens is 246 g/mol. The van der Waals surface area contributed by atoms with Crippen LogP contribution in [0.25, 0.3) is 0 Å². The monoisotopic (exact) mass is 267 g/mol. The largest absolute Gasteiger partial charge is 0.388 e. The van der Waals surface area contributed by atoms with Gasteiger partial charge in [-0.2, -0.15) is 0 Å². The SMILES string of the molecule is Cc1cc(C(=O)N2CCCC2C(C)(C)O)sc1C. The number of aryl methyl sites for hydroxylation is 2. The van der Waals surface area contributed by atoms with Crippen LogP contribution in [-0.4, -0.2) is 34.1 Å². The minimum absolute atomic E-state index is 0.0623. The number of nitrogens with zero attached hydrogens (tertiary/aromatic N) is 1. The van der Waals surface area contributed by atoms with Crippen LogP contribution in [0.4, 0.5) is 0 Å². The third-order valence-corrected chi connectivity index (χ3v) is 4.85. The van der Waals surface area contributed by atoms with Crippen molar-refractivity contribution in [3.63, 3.8) is 0 Å². The molecule has 0 aromatic carbocycles. The van der Waals surface area contributed by atoms with Crippen LogP contribution in [0.2, 0.25) is 0 Å². The molecule has 0 spiro atoms. The quantitative estimate of drug-likeness (QED) is 0.895. The van der Waals surface area contributed by atoms with Gasteiger partial charge in [0, 0.05) is 11.4 Å². The van der Waals surface area contributed by atoms with Crippen LogP contribution < -0.4 is 0 Å². The maximum Gasteiger partial charge on any atom is 0.264 e. The Balaban J connectivity index is 2.23. The van der Waals surface area contributed by atoms with Crippen LogP contribution in [0.3, 0.4) is 0 Å². The number of hydrogen-bond acceptors (Lipinski definition) is 3. The van der Waals surface area contributed by atoms with Crippen molar-refractivity contribution in [2.24, 2.45) is 0 Å². The lowest BCUT2D eigenvalue weighted by Gasteiger charge is -2.33. The van der Waals surface area contributed by atoms with Gasteiger partial charge in [0.1, 0.15) is 0 Å². The Morgan fingerprint density at radius 1 is 1.50 bits per heavy atom. The molecule has 2 heterocycles. The molecule has 100 valence electrons. The first-order chi connectivity index (χ1) is 8.30. The average Bonchev–Trinajstić information content (AvgIpc) is 2.84. The highest BCUT2D eigenvalue weighted by Gasteiger charge is 2.39. The molecule has 1 atom stereocenters. The van der Waals surface area contributed by atoms with E-state index in [2.05, 4.69) is 0 Å². The molecule has 1 amide bonds. The Bertz CT molecular complexity index is 439. The van der Waals surface area contributed by atoms with Gasteiger partial charge in [-0.25, -0.2) is 0 Å². The summed E-state index contributed by atoms with van der Waals surface area (Å²) < 4.78 is 0. The molecule has 1 aromatic rings. The van der Waals surface area contributed by atoms with Crippen molar-refractivity contribution in [1.82, 2.24) is 4.90 Å². The topological polar surface area (TPSA) is 40.5 Å². The molecule has 2 rings (SSSR count). The summed E-state index contributed by atoms with van der Waals surface area (Å²) in [5, 5.41) is 10.2. The second-order valence-electron chi connectivity index (χ2n) is 5.66. The van der Waals surface area contributed by atoms with Crippen LogP contribution >= 0.6 is 11.3 Å². The maximum atomic E-state index is 12.5. The van der Waals surface area contributed by atoms with Gasteiger partial charge in [-0.1, -0.05) is 0 Å². The van der Waals surface area contributed by atoms with E-state index in [9.17, 15) is 9.90 Å². The first kappa shape index (κ1) is 13.6. The molecule has 1 aliphatic heterocycles. The number of aliphatic hydroxyl groups is 1. The lowest BCUT2D eigenvalue weighted by Crippen LogP contribution is -2.48. The van der Waals surface area contributed by atoms with Gasteiger partial charge in [0.05, 0.1) is 16.5 Å². The van der Waals surface area contributed by atoms with Gasteiger partial charge in [0.2, 0.25) is 0 Å². The summed E-state index contributed by atoms with van der Waals surface area (Å²) in [6.07, 6.45) is 1.86. The van der Waals surface area contributed by atoms with Crippen LogP contribution in [0, 0.1) is 13.8 Å². The Kier molecular flexibility index (Phi) is 3.52. The molecule has 1 N–H and O–H groups in total. The van der Waals surface area contributed by atoms with Gasteiger partial charge in [0.15, 0.2) is 0 Å². The van der Waals surface area contributed by atoms with E-state index in [1.54, 1.807) is 25.2 Å². The Hall–Kier alpha value is -0.870. The highest BCUT2D eigenvalue weighted by Crippen LogP contribution is 2.30. The Morgan fingerprint density at radius 3 is 2.67 bits per heavy atom. The smallest absolute Gasteiger partial charge is 0.264 e. The van der Waals surface area contributed by atoms with Gasteiger partial charge in [-0.15, -0.1) is 11.3 Å². The zero-order chi connectivity index (χ0) is 13.5. The van der Waals surface area contributed by atoms with E-state index in [0.29, 0.717) is 0 Å². The molecule has 1 saturated heterocycles. The third-order valence-electron chi connectivity index (χ3n) is 3.71. The van der Waals surface area contributed by atoms with Crippen LogP contribution in [0.5, 0.6) is 0 Å². The van der Waals surface area contributed by atoms with Crippen molar-refractivity contribution in [1.29, 1.82) is 0 Å². The maximum absolute atomic E-state index is 12.5. The summed E-state index contributed by atoms with van der Waals surface area (Å²) in [4.78, 5) is 16.3. The molecule has 0 bridgehead atoms. The van der Waals surface area contributed by atoms with Crippen molar-refractivity contribution in [3.05, 3.63) is 21.4 Å².